The van der Waals surface area contributed by atoms with Crippen LogP contribution in [0.3, 0.4) is 0 Å². The van der Waals surface area contributed by atoms with Gasteiger partial charge in [0.15, 0.2) is 0 Å². The summed E-state index contributed by atoms with van der Waals surface area (Å²) in [6, 6.07) is 10.3. The van der Waals surface area contributed by atoms with Crippen LogP contribution in [-0.4, -0.2) is 34.2 Å². The maximum Gasteiger partial charge on any atom is 0.405 e. The molecule has 10 heteroatoms. The number of anilines is 1. The molecule has 0 aliphatic heterocycles. The van der Waals surface area contributed by atoms with Gasteiger partial charge in [0.1, 0.15) is 12.3 Å². The van der Waals surface area contributed by atoms with Crippen molar-refractivity contribution in [3.63, 3.8) is 0 Å². The standard InChI is InChI=1S/C18H19F3N2O4S/c1-12-9-15(27-2)7-8-16(12)28(25,26)23-14-5-3-13(4-6-14)10-17(24)22-11-18(19,20)21/h3-9,23H,10-11H2,1-2H3,(H,22,24). The van der Waals surface area contributed by atoms with E-state index in [9.17, 15) is 26.4 Å². The van der Waals surface area contributed by atoms with E-state index in [0.717, 1.165) is 0 Å². The molecule has 0 saturated heterocycles. The molecule has 0 aromatic heterocycles. The number of carbonyl (C=O) groups excluding carboxylic acids is 1. The first-order valence-corrected chi connectivity index (χ1v) is 9.58. The van der Waals surface area contributed by atoms with E-state index >= 15 is 0 Å². The number of methoxy groups -OCH3 is 1. The van der Waals surface area contributed by atoms with Crippen molar-refractivity contribution in [1.82, 2.24) is 5.32 Å². The van der Waals surface area contributed by atoms with Crippen LogP contribution in [0.25, 0.3) is 0 Å². The summed E-state index contributed by atoms with van der Waals surface area (Å²) in [7, 11) is -2.36. The minimum atomic E-state index is -4.47. The van der Waals surface area contributed by atoms with Crippen molar-refractivity contribution < 1.29 is 31.1 Å². The van der Waals surface area contributed by atoms with E-state index in [1.54, 1.807) is 18.3 Å². The van der Waals surface area contributed by atoms with E-state index in [0.29, 0.717) is 16.9 Å². The van der Waals surface area contributed by atoms with E-state index in [2.05, 4.69) is 4.72 Å². The first-order valence-electron chi connectivity index (χ1n) is 8.10. The molecule has 0 aliphatic rings. The van der Waals surface area contributed by atoms with E-state index < -0.39 is 28.7 Å². The maximum atomic E-state index is 12.5. The van der Waals surface area contributed by atoms with Gasteiger partial charge in [-0.1, -0.05) is 12.1 Å². The monoisotopic (exact) mass is 416 g/mol. The fraction of sp³-hybridized carbons (Fsp3) is 0.278. The van der Waals surface area contributed by atoms with Crippen LogP contribution in [0.15, 0.2) is 47.4 Å². The number of nitrogens with one attached hydrogen (secondary N) is 2. The molecule has 0 radical (unpaired) electrons. The average molecular weight is 416 g/mol. The lowest BCUT2D eigenvalue weighted by Gasteiger charge is -2.12. The third-order valence-corrected chi connectivity index (χ3v) is 5.27. The van der Waals surface area contributed by atoms with Gasteiger partial charge in [0.2, 0.25) is 5.91 Å². The van der Waals surface area contributed by atoms with Gasteiger partial charge in [-0.2, -0.15) is 13.2 Å². The Hall–Kier alpha value is -2.75. The van der Waals surface area contributed by atoms with Crippen LogP contribution in [0.2, 0.25) is 0 Å². The van der Waals surface area contributed by atoms with Crippen molar-refractivity contribution in [2.75, 3.05) is 18.4 Å². The summed E-state index contributed by atoms with van der Waals surface area (Å²) < 4.78 is 68.8. The Bertz CT molecular complexity index is 942. The number of halogens is 3. The highest BCUT2D eigenvalue weighted by Crippen LogP contribution is 2.23. The third kappa shape index (κ3) is 6.15. The Morgan fingerprint density at radius 2 is 1.75 bits per heavy atom. The molecule has 1 amide bonds. The topological polar surface area (TPSA) is 84.5 Å². The van der Waals surface area contributed by atoms with Gasteiger partial charge >= 0.3 is 6.18 Å². The molecule has 0 bridgehead atoms. The fourth-order valence-corrected chi connectivity index (χ4v) is 3.68. The van der Waals surface area contributed by atoms with E-state index in [1.807, 2.05) is 0 Å². The van der Waals surface area contributed by atoms with Crippen LogP contribution >= 0.6 is 0 Å². The van der Waals surface area contributed by atoms with Gasteiger partial charge in [-0.05, 0) is 48.4 Å². The zero-order valence-electron chi connectivity index (χ0n) is 15.1. The molecule has 28 heavy (non-hydrogen) atoms. The van der Waals surface area contributed by atoms with Gasteiger partial charge < -0.3 is 10.1 Å². The lowest BCUT2D eigenvalue weighted by Crippen LogP contribution is -2.34. The zero-order chi connectivity index (χ0) is 20.9. The minimum absolute atomic E-state index is 0.0869. The molecular weight excluding hydrogens is 397 g/mol. The first-order chi connectivity index (χ1) is 13.0. The summed E-state index contributed by atoms with van der Waals surface area (Å²) in [5, 5.41) is 1.78. The molecule has 6 nitrogen and oxygen atoms in total. The quantitative estimate of drug-likeness (QED) is 0.727. The second-order valence-electron chi connectivity index (χ2n) is 6.00. The Balaban J connectivity index is 2.04. The number of aryl methyl sites for hydroxylation is 1. The van der Waals surface area contributed by atoms with Crippen LogP contribution in [0, 0.1) is 6.92 Å². The summed E-state index contributed by atoms with van der Waals surface area (Å²) in [5.41, 5.74) is 1.21. The van der Waals surface area contributed by atoms with Crippen molar-refractivity contribution in [3.05, 3.63) is 53.6 Å². The van der Waals surface area contributed by atoms with Gasteiger partial charge in [0, 0.05) is 5.69 Å². The SMILES string of the molecule is COc1ccc(S(=O)(=O)Nc2ccc(CC(=O)NCC(F)(F)F)cc2)c(C)c1. The normalized spacial score (nSPS) is 11.8. The number of carbonyl (C=O) groups is 1. The number of alkyl halides is 3. The summed E-state index contributed by atoms with van der Waals surface area (Å²) in [4.78, 5) is 11.6. The van der Waals surface area contributed by atoms with Crippen molar-refractivity contribution in [1.29, 1.82) is 0 Å². The second kappa shape index (κ2) is 8.51. The Kier molecular flexibility index (Phi) is 6.55. The van der Waals surface area contributed by atoms with Crippen LogP contribution in [0.1, 0.15) is 11.1 Å². The molecule has 0 saturated carbocycles. The van der Waals surface area contributed by atoms with Gasteiger partial charge in [-0.25, -0.2) is 8.42 Å². The van der Waals surface area contributed by atoms with Gasteiger partial charge in [0.25, 0.3) is 10.0 Å². The highest BCUT2D eigenvalue weighted by atomic mass is 32.2. The summed E-state index contributed by atoms with van der Waals surface area (Å²) in [5.74, 6) is -0.246. The molecule has 2 rings (SSSR count). The van der Waals surface area contributed by atoms with Gasteiger partial charge in [-0.15, -0.1) is 0 Å². The number of rotatable bonds is 7. The van der Waals surface area contributed by atoms with Crippen molar-refractivity contribution >= 4 is 21.6 Å². The van der Waals surface area contributed by atoms with E-state index in [1.165, 1.54) is 43.5 Å². The molecule has 0 aliphatic carbocycles. The molecular formula is C18H19F3N2O4S. The van der Waals surface area contributed by atoms with Crippen molar-refractivity contribution in [2.45, 2.75) is 24.4 Å². The van der Waals surface area contributed by atoms with Gasteiger partial charge in [0.05, 0.1) is 18.4 Å². The first kappa shape index (κ1) is 21.5. The van der Waals surface area contributed by atoms with Crippen molar-refractivity contribution in [3.8, 4) is 5.75 Å². The molecule has 0 unspecified atom stereocenters. The van der Waals surface area contributed by atoms with Crippen LogP contribution < -0.4 is 14.8 Å². The molecule has 2 aromatic carbocycles. The lowest BCUT2D eigenvalue weighted by molar-refractivity contribution is -0.138. The smallest absolute Gasteiger partial charge is 0.405 e. The highest BCUT2D eigenvalue weighted by molar-refractivity contribution is 7.92. The molecule has 152 valence electrons. The number of hydrogen-bond donors (Lipinski definition) is 2. The Morgan fingerprint density at radius 3 is 2.29 bits per heavy atom. The lowest BCUT2D eigenvalue weighted by atomic mass is 10.1. The summed E-state index contributed by atoms with van der Waals surface area (Å²) >= 11 is 0. The molecule has 0 fully saturated rings. The zero-order valence-corrected chi connectivity index (χ0v) is 15.9. The van der Waals surface area contributed by atoms with Crippen LogP contribution in [-0.2, 0) is 21.2 Å². The van der Waals surface area contributed by atoms with Crippen molar-refractivity contribution in [2.24, 2.45) is 0 Å². The Morgan fingerprint density at radius 1 is 1.11 bits per heavy atom. The summed E-state index contributed by atoms with van der Waals surface area (Å²) in [6.07, 6.45) is -4.72. The van der Waals surface area contributed by atoms with Crippen LogP contribution in [0.4, 0.5) is 18.9 Å². The highest BCUT2D eigenvalue weighted by Gasteiger charge is 2.27. The molecule has 2 aromatic rings. The third-order valence-electron chi connectivity index (χ3n) is 3.73. The minimum Gasteiger partial charge on any atom is -0.497 e. The van der Waals surface area contributed by atoms with E-state index in [4.69, 9.17) is 4.74 Å². The largest absolute Gasteiger partial charge is 0.497 e. The van der Waals surface area contributed by atoms with Gasteiger partial charge in [-0.3, -0.25) is 9.52 Å². The number of sulfonamides is 1. The van der Waals surface area contributed by atoms with Crippen LogP contribution in [0.5, 0.6) is 5.75 Å². The second-order valence-corrected chi connectivity index (χ2v) is 7.65. The number of ether oxygens (including phenoxy) is 1. The molecule has 2 N–H and O–H groups in total. The molecule has 0 atom stereocenters. The number of benzene rings is 2. The molecule has 0 heterocycles. The predicted octanol–water partition coefficient (Wildman–Crippen LogP) is 3.03. The fourth-order valence-electron chi connectivity index (χ4n) is 2.40. The Labute approximate surface area is 160 Å². The maximum absolute atomic E-state index is 12.5. The van der Waals surface area contributed by atoms with E-state index in [-0.39, 0.29) is 17.0 Å². The molecule has 0 spiro atoms. The average Bonchev–Trinajstić information content (AvgIpc) is 2.60. The number of amides is 1. The predicted molar refractivity (Wildman–Crippen MR) is 97.8 cm³/mol. The number of hydrogen-bond acceptors (Lipinski definition) is 4. The summed E-state index contributed by atoms with van der Waals surface area (Å²) in [6.45, 7) is 0.241.